The van der Waals surface area contributed by atoms with Gasteiger partial charge in [0.05, 0.1) is 9.77 Å². The maximum atomic E-state index is 10.8. The van der Waals surface area contributed by atoms with E-state index in [4.69, 9.17) is 4.74 Å². The predicted octanol–water partition coefficient (Wildman–Crippen LogP) is 2.00. The molecule has 0 bridgehead atoms. The van der Waals surface area contributed by atoms with E-state index in [2.05, 4.69) is 27.7 Å². The standard InChI is InChI=1S/C9H11IN2O2/c10-7-5-11-12(8(7)6-13)9-3-1-2-4-14-9/h5-6,9H,1-4H2. The average molecular weight is 306 g/mol. The summed E-state index contributed by atoms with van der Waals surface area (Å²) in [5.74, 6) is 0. The lowest BCUT2D eigenvalue weighted by molar-refractivity contribution is -0.0403. The van der Waals surface area contributed by atoms with E-state index in [0.717, 1.165) is 35.7 Å². The maximum Gasteiger partial charge on any atom is 0.169 e. The molecule has 0 aliphatic carbocycles. The van der Waals surface area contributed by atoms with E-state index in [9.17, 15) is 4.79 Å². The van der Waals surface area contributed by atoms with Crippen LogP contribution < -0.4 is 0 Å². The summed E-state index contributed by atoms with van der Waals surface area (Å²) >= 11 is 2.11. The van der Waals surface area contributed by atoms with E-state index in [-0.39, 0.29) is 6.23 Å². The van der Waals surface area contributed by atoms with Gasteiger partial charge in [0.25, 0.3) is 0 Å². The lowest BCUT2D eigenvalue weighted by atomic mass is 10.2. The van der Waals surface area contributed by atoms with Crippen LogP contribution in [-0.2, 0) is 4.74 Å². The van der Waals surface area contributed by atoms with Crippen molar-refractivity contribution in [3.05, 3.63) is 15.5 Å². The van der Waals surface area contributed by atoms with Gasteiger partial charge < -0.3 is 4.74 Å². The minimum atomic E-state index is -0.0486. The summed E-state index contributed by atoms with van der Waals surface area (Å²) in [5.41, 5.74) is 0.623. The first-order chi connectivity index (χ1) is 6.83. The molecule has 5 heteroatoms. The van der Waals surface area contributed by atoms with Gasteiger partial charge in [-0.15, -0.1) is 0 Å². The number of aromatic nitrogens is 2. The summed E-state index contributed by atoms with van der Waals surface area (Å²) in [7, 11) is 0. The molecule has 2 heterocycles. The molecule has 2 rings (SSSR count). The zero-order chi connectivity index (χ0) is 9.97. The minimum Gasteiger partial charge on any atom is -0.356 e. The first-order valence-corrected chi connectivity index (χ1v) is 5.70. The molecule has 4 nitrogen and oxygen atoms in total. The van der Waals surface area contributed by atoms with Crippen LogP contribution in [0, 0.1) is 3.57 Å². The van der Waals surface area contributed by atoms with Crippen molar-refractivity contribution in [3.63, 3.8) is 0 Å². The average Bonchev–Trinajstić information content (AvgIpc) is 2.61. The van der Waals surface area contributed by atoms with E-state index >= 15 is 0 Å². The number of aldehydes is 1. The number of ether oxygens (including phenoxy) is 1. The van der Waals surface area contributed by atoms with Gasteiger partial charge in [-0.3, -0.25) is 4.79 Å². The molecule has 0 spiro atoms. The van der Waals surface area contributed by atoms with Crippen molar-refractivity contribution in [3.8, 4) is 0 Å². The molecule has 1 aliphatic heterocycles. The third-order valence-corrected chi connectivity index (χ3v) is 3.16. The zero-order valence-corrected chi connectivity index (χ0v) is 9.81. The second kappa shape index (κ2) is 4.39. The van der Waals surface area contributed by atoms with Gasteiger partial charge in [-0.05, 0) is 41.9 Å². The molecule has 1 fully saturated rings. The molecule has 0 amide bonds. The lowest BCUT2D eigenvalue weighted by Gasteiger charge is -2.23. The van der Waals surface area contributed by atoms with Gasteiger partial charge in [-0.25, -0.2) is 4.68 Å². The van der Waals surface area contributed by atoms with Crippen molar-refractivity contribution in [2.24, 2.45) is 0 Å². The summed E-state index contributed by atoms with van der Waals surface area (Å²) < 4.78 is 8.13. The van der Waals surface area contributed by atoms with Gasteiger partial charge in [0, 0.05) is 6.61 Å². The van der Waals surface area contributed by atoms with Crippen LogP contribution in [0.25, 0.3) is 0 Å². The molecule has 0 aromatic carbocycles. The Morgan fingerprint density at radius 1 is 1.64 bits per heavy atom. The lowest BCUT2D eigenvalue weighted by Crippen LogP contribution is -2.21. The molecular weight excluding hydrogens is 295 g/mol. The number of rotatable bonds is 2. The van der Waals surface area contributed by atoms with Crippen molar-refractivity contribution < 1.29 is 9.53 Å². The van der Waals surface area contributed by atoms with Crippen molar-refractivity contribution in [2.45, 2.75) is 25.5 Å². The molecule has 1 saturated heterocycles. The van der Waals surface area contributed by atoms with Crippen molar-refractivity contribution >= 4 is 28.9 Å². The van der Waals surface area contributed by atoms with E-state index in [1.807, 2.05) is 0 Å². The van der Waals surface area contributed by atoms with Crippen LogP contribution in [0.1, 0.15) is 36.0 Å². The number of nitrogens with zero attached hydrogens (tertiary/aromatic N) is 2. The van der Waals surface area contributed by atoms with Gasteiger partial charge in [0.1, 0.15) is 5.69 Å². The summed E-state index contributed by atoms with van der Waals surface area (Å²) in [6, 6.07) is 0. The van der Waals surface area contributed by atoms with Crippen molar-refractivity contribution in [2.75, 3.05) is 6.61 Å². The first-order valence-electron chi connectivity index (χ1n) is 4.62. The van der Waals surface area contributed by atoms with Crippen LogP contribution in [0.4, 0.5) is 0 Å². The van der Waals surface area contributed by atoms with Crippen LogP contribution in [0.3, 0.4) is 0 Å². The van der Waals surface area contributed by atoms with Crippen LogP contribution in [-0.4, -0.2) is 22.7 Å². The highest BCUT2D eigenvalue weighted by molar-refractivity contribution is 14.1. The Balaban J connectivity index is 2.25. The highest BCUT2D eigenvalue weighted by Gasteiger charge is 2.20. The van der Waals surface area contributed by atoms with Crippen LogP contribution >= 0.6 is 22.6 Å². The third kappa shape index (κ3) is 1.83. The Bertz CT molecular complexity index is 332. The Hall–Kier alpha value is -0.430. The highest BCUT2D eigenvalue weighted by Crippen LogP contribution is 2.24. The topological polar surface area (TPSA) is 44.1 Å². The number of carbonyl (C=O) groups is 1. The normalized spacial score (nSPS) is 22.2. The predicted molar refractivity (Wildman–Crippen MR) is 59.2 cm³/mol. The SMILES string of the molecule is O=Cc1c(I)cnn1C1CCCCO1. The smallest absolute Gasteiger partial charge is 0.169 e. The van der Waals surface area contributed by atoms with E-state index in [1.54, 1.807) is 10.9 Å². The summed E-state index contributed by atoms with van der Waals surface area (Å²) in [4.78, 5) is 10.8. The quantitative estimate of drug-likeness (QED) is 0.620. The van der Waals surface area contributed by atoms with Gasteiger partial charge in [0.15, 0.2) is 12.5 Å². The molecule has 1 aromatic rings. The molecule has 0 saturated carbocycles. The maximum absolute atomic E-state index is 10.8. The van der Waals surface area contributed by atoms with Crippen LogP contribution in [0.15, 0.2) is 6.20 Å². The zero-order valence-electron chi connectivity index (χ0n) is 7.65. The fraction of sp³-hybridized carbons (Fsp3) is 0.556. The van der Waals surface area contributed by atoms with Crippen molar-refractivity contribution in [1.29, 1.82) is 0 Å². The minimum absolute atomic E-state index is 0.0486. The summed E-state index contributed by atoms with van der Waals surface area (Å²) in [5, 5.41) is 4.16. The van der Waals surface area contributed by atoms with Gasteiger partial charge in [-0.1, -0.05) is 0 Å². The number of hydrogen-bond acceptors (Lipinski definition) is 3. The fourth-order valence-electron chi connectivity index (χ4n) is 1.61. The molecule has 14 heavy (non-hydrogen) atoms. The van der Waals surface area contributed by atoms with Gasteiger partial charge in [-0.2, -0.15) is 5.10 Å². The molecular formula is C9H11IN2O2. The Morgan fingerprint density at radius 3 is 3.14 bits per heavy atom. The number of carbonyl (C=O) groups excluding carboxylic acids is 1. The van der Waals surface area contributed by atoms with Crippen LogP contribution in [0.5, 0.6) is 0 Å². The van der Waals surface area contributed by atoms with E-state index in [1.165, 1.54) is 0 Å². The summed E-state index contributed by atoms with van der Waals surface area (Å²) in [6.07, 6.45) is 5.67. The second-order valence-corrected chi connectivity index (χ2v) is 4.42. The highest BCUT2D eigenvalue weighted by atomic mass is 127. The molecule has 1 atom stereocenters. The molecule has 1 aliphatic rings. The number of hydrogen-bond donors (Lipinski definition) is 0. The van der Waals surface area contributed by atoms with Crippen LogP contribution in [0.2, 0.25) is 0 Å². The Labute approximate surface area is 95.8 Å². The first kappa shape index (κ1) is 10.1. The molecule has 0 N–H and O–H groups in total. The second-order valence-electron chi connectivity index (χ2n) is 3.26. The van der Waals surface area contributed by atoms with Crippen molar-refractivity contribution in [1.82, 2.24) is 9.78 Å². The number of halogens is 1. The molecule has 1 unspecified atom stereocenters. The Kier molecular flexibility index (Phi) is 3.17. The molecule has 76 valence electrons. The largest absolute Gasteiger partial charge is 0.356 e. The van der Waals surface area contributed by atoms with Gasteiger partial charge >= 0.3 is 0 Å². The van der Waals surface area contributed by atoms with E-state index in [0.29, 0.717) is 5.69 Å². The monoisotopic (exact) mass is 306 g/mol. The third-order valence-electron chi connectivity index (χ3n) is 2.33. The van der Waals surface area contributed by atoms with E-state index < -0.39 is 0 Å². The van der Waals surface area contributed by atoms with Gasteiger partial charge in [0.2, 0.25) is 0 Å². The Morgan fingerprint density at radius 2 is 2.50 bits per heavy atom. The fourth-order valence-corrected chi connectivity index (χ4v) is 2.11. The molecule has 0 radical (unpaired) electrons. The molecule has 1 aromatic heterocycles. The summed E-state index contributed by atoms with van der Waals surface area (Å²) in [6.45, 7) is 0.763.